The van der Waals surface area contributed by atoms with E-state index in [1.54, 1.807) is 12.1 Å². The van der Waals surface area contributed by atoms with Crippen LogP contribution < -0.4 is 0 Å². The lowest BCUT2D eigenvalue weighted by molar-refractivity contribution is 0.102. The molecule has 100 valence electrons. The summed E-state index contributed by atoms with van der Waals surface area (Å²) in [6.07, 6.45) is 0. The summed E-state index contributed by atoms with van der Waals surface area (Å²) in [6, 6.07) is 8.98. The lowest BCUT2D eigenvalue weighted by atomic mass is 10.2. The van der Waals surface area contributed by atoms with Gasteiger partial charge in [-0.1, -0.05) is 23.7 Å². The Labute approximate surface area is 131 Å². The molecule has 0 fully saturated rings. The van der Waals surface area contributed by atoms with Gasteiger partial charge in [-0.2, -0.15) is 0 Å². The van der Waals surface area contributed by atoms with Gasteiger partial charge in [0.2, 0.25) is 0 Å². The minimum atomic E-state index is -1.21. The number of rotatable bonds is 5. The fraction of sp³-hybridized carbons (Fsp3) is 0.154. The summed E-state index contributed by atoms with van der Waals surface area (Å²) in [7, 11) is -1.21. The van der Waals surface area contributed by atoms with E-state index >= 15 is 0 Å². The lowest BCUT2D eigenvalue weighted by Crippen LogP contribution is -2.11. The van der Waals surface area contributed by atoms with E-state index in [9.17, 15) is 9.00 Å². The molecule has 1 aromatic carbocycles. The number of carbonyl (C=O) groups excluding carboxylic acids is 1. The topological polar surface area (TPSA) is 34.1 Å². The van der Waals surface area contributed by atoms with Crippen LogP contribution in [0.15, 0.2) is 40.2 Å². The molecular formula is C13H10BrClO2S2. The van der Waals surface area contributed by atoms with Crippen LogP contribution in [0, 0.1) is 0 Å². The number of halogens is 2. The van der Waals surface area contributed by atoms with Crippen molar-refractivity contribution in [1.82, 2.24) is 0 Å². The first-order valence-corrected chi connectivity index (χ1v) is 8.96. The smallest absolute Gasteiger partial charge is 0.186 e. The second-order valence-corrected chi connectivity index (χ2v) is 7.54. The molecule has 1 atom stereocenters. The molecule has 19 heavy (non-hydrogen) atoms. The monoisotopic (exact) mass is 376 g/mol. The normalized spacial score (nSPS) is 12.3. The SMILES string of the molecule is O=C(CS(=O)Cc1ccc(Cl)cc1)c1sccc1Br. The Morgan fingerprint density at radius 2 is 1.95 bits per heavy atom. The first-order chi connectivity index (χ1) is 9.06. The molecule has 0 N–H and O–H groups in total. The molecule has 0 spiro atoms. The maximum absolute atomic E-state index is 12.0. The third-order valence-corrected chi connectivity index (χ3v) is 5.77. The molecule has 0 radical (unpaired) electrons. The van der Waals surface area contributed by atoms with Gasteiger partial charge in [0.1, 0.15) is 0 Å². The van der Waals surface area contributed by atoms with E-state index in [1.807, 2.05) is 23.6 Å². The Kier molecular flexibility index (Phi) is 5.33. The third-order valence-electron chi connectivity index (χ3n) is 2.40. The van der Waals surface area contributed by atoms with Gasteiger partial charge in [0.15, 0.2) is 5.78 Å². The second-order valence-electron chi connectivity index (χ2n) is 3.88. The largest absolute Gasteiger partial charge is 0.292 e. The average molecular weight is 378 g/mol. The minimum absolute atomic E-state index is 0.0434. The number of thiophene rings is 1. The molecule has 0 bridgehead atoms. The van der Waals surface area contributed by atoms with Crippen molar-refractivity contribution in [2.24, 2.45) is 0 Å². The fourth-order valence-electron chi connectivity index (χ4n) is 1.52. The number of Topliss-reactive ketones (excluding diaryl/α,β-unsaturated/α-hetero) is 1. The highest BCUT2D eigenvalue weighted by molar-refractivity contribution is 9.10. The standard InChI is InChI=1S/C13H10BrClO2S2/c14-11-5-6-18-13(11)12(16)8-19(17)7-9-1-3-10(15)4-2-9/h1-6H,7-8H2. The van der Waals surface area contributed by atoms with E-state index in [0.717, 1.165) is 10.0 Å². The predicted octanol–water partition coefficient (Wildman–Crippen LogP) is 4.30. The summed E-state index contributed by atoms with van der Waals surface area (Å²) in [4.78, 5) is 12.6. The number of carbonyl (C=O) groups is 1. The van der Waals surface area contributed by atoms with Gasteiger partial charge in [-0.05, 0) is 45.1 Å². The molecule has 0 aliphatic carbocycles. The lowest BCUT2D eigenvalue weighted by Gasteiger charge is -2.02. The first kappa shape index (κ1) is 14.9. The van der Waals surface area contributed by atoms with Gasteiger partial charge < -0.3 is 0 Å². The number of hydrogen-bond donors (Lipinski definition) is 0. The molecule has 2 aromatic rings. The Balaban J connectivity index is 1.96. The van der Waals surface area contributed by atoms with Crippen LogP contribution in [0.2, 0.25) is 5.02 Å². The van der Waals surface area contributed by atoms with Crippen LogP contribution >= 0.6 is 38.9 Å². The van der Waals surface area contributed by atoms with Gasteiger partial charge in [-0.25, -0.2) is 0 Å². The van der Waals surface area contributed by atoms with Crippen molar-refractivity contribution in [3.8, 4) is 0 Å². The number of ketones is 1. The summed E-state index contributed by atoms with van der Waals surface area (Å²) >= 11 is 10.5. The highest BCUT2D eigenvalue weighted by atomic mass is 79.9. The zero-order valence-electron chi connectivity index (χ0n) is 9.77. The maximum Gasteiger partial charge on any atom is 0.186 e. The van der Waals surface area contributed by atoms with E-state index in [0.29, 0.717) is 15.7 Å². The van der Waals surface area contributed by atoms with E-state index in [4.69, 9.17) is 11.6 Å². The van der Waals surface area contributed by atoms with Gasteiger partial charge in [0.05, 0.1) is 10.6 Å². The van der Waals surface area contributed by atoms with Crippen LogP contribution in [0.5, 0.6) is 0 Å². The quantitative estimate of drug-likeness (QED) is 0.728. The van der Waals surface area contributed by atoms with Crippen molar-refractivity contribution in [2.45, 2.75) is 5.75 Å². The summed E-state index contributed by atoms with van der Waals surface area (Å²) in [5, 5.41) is 2.48. The van der Waals surface area contributed by atoms with E-state index in [2.05, 4.69) is 15.9 Å². The van der Waals surface area contributed by atoms with Crippen molar-refractivity contribution in [3.63, 3.8) is 0 Å². The summed E-state index contributed by atoms with van der Waals surface area (Å²) in [5.74, 6) is 0.322. The molecule has 0 amide bonds. The van der Waals surface area contributed by atoms with E-state index in [1.165, 1.54) is 11.3 Å². The van der Waals surface area contributed by atoms with Crippen LogP contribution in [0.25, 0.3) is 0 Å². The molecule has 2 nitrogen and oxygen atoms in total. The van der Waals surface area contributed by atoms with Gasteiger partial charge in [0, 0.05) is 26.0 Å². The zero-order valence-corrected chi connectivity index (χ0v) is 13.7. The van der Waals surface area contributed by atoms with Gasteiger partial charge >= 0.3 is 0 Å². The van der Waals surface area contributed by atoms with E-state index in [-0.39, 0.29) is 11.5 Å². The molecule has 0 aliphatic heterocycles. The predicted molar refractivity (Wildman–Crippen MR) is 84.5 cm³/mol. The van der Waals surface area contributed by atoms with Gasteiger partial charge in [0.25, 0.3) is 0 Å². The van der Waals surface area contributed by atoms with Crippen molar-refractivity contribution in [1.29, 1.82) is 0 Å². The van der Waals surface area contributed by atoms with Crippen LogP contribution in [0.3, 0.4) is 0 Å². The molecule has 1 unspecified atom stereocenters. The molecule has 0 aliphatic rings. The Morgan fingerprint density at radius 1 is 1.26 bits per heavy atom. The van der Waals surface area contributed by atoms with Crippen molar-refractivity contribution >= 4 is 55.5 Å². The molecule has 1 heterocycles. The minimum Gasteiger partial charge on any atom is -0.292 e. The molecule has 2 rings (SSSR count). The molecule has 0 saturated heterocycles. The van der Waals surface area contributed by atoms with Crippen molar-refractivity contribution < 1.29 is 9.00 Å². The average Bonchev–Trinajstić information content (AvgIpc) is 2.78. The van der Waals surface area contributed by atoms with Crippen LogP contribution in [-0.4, -0.2) is 15.7 Å². The summed E-state index contributed by atoms with van der Waals surface area (Å²) in [6.45, 7) is 0. The van der Waals surface area contributed by atoms with Crippen molar-refractivity contribution in [3.05, 3.63) is 55.6 Å². The van der Waals surface area contributed by atoms with Crippen LogP contribution in [0.4, 0.5) is 0 Å². The highest BCUT2D eigenvalue weighted by Crippen LogP contribution is 2.23. The van der Waals surface area contributed by atoms with Crippen LogP contribution in [0.1, 0.15) is 15.2 Å². The molecular weight excluding hydrogens is 368 g/mol. The Morgan fingerprint density at radius 3 is 2.53 bits per heavy atom. The molecule has 6 heteroatoms. The molecule has 0 saturated carbocycles. The molecule has 1 aromatic heterocycles. The van der Waals surface area contributed by atoms with Crippen LogP contribution in [-0.2, 0) is 16.6 Å². The van der Waals surface area contributed by atoms with E-state index < -0.39 is 10.8 Å². The Bertz CT molecular complexity index is 607. The highest BCUT2D eigenvalue weighted by Gasteiger charge is 2.15. The van der Waals surface area contributed by atoms with Gasteiger partial charge in [-0.15, -0.1) is 11.3 Å². The van der Waals surface area contributed by atoms with Gasteiger partial charge in [-0.3, -0.25) is 9.00 Å². The third kappa shape index (κ3) is 4.24. The number of hydrogen-bond acceptors (Lipinski definition) is 3. The number of benzene rings is 1. The van der Waals surface area contributed by atoms with Crippen molar-refractivity contribution in [2.75, 3.05) is 5.75 Å². The summed E-state index contributed by atoms with van der Waals surface area (Å²) < 4.78 is 12.7. The maximum atomic E-state index is 12.0. The second kappa shape index (κ2) is 6.79. The summed E-state index contributed by atoms with van der Waals surface area (Å²) in [5.41, 5.74) is 0.917. The zero-order chi connectivity index (χ0) is 13.8. The fourth-order valence-corrected chi connectivity index (χ4v) is 4.38. The Hall–Kier alpha value is -0.490. The first-order valence-electron chi connectivity index (χ1n) is 5.42.